The third-order valence-corrected chi connectivity index (χ3v) is 3.22. The van der Waals surface area contributed by atoms with Gasteiger partial charge >= 0.3 is 6.09 Å². The fraction of sp³-hybridized carbons (Fsp3) is 0.600. The molecule has 0 spiro atoms. The van der Waals surface area contributed by atoms with E-state index in [4.69, 9.17) is 9.84 Å². The summed E-state index contributed by atoms with van der Waals surface area (Å²) in [5.74, 6) is 0.601. The van der Waals surface area contributed by atoms with Crippen LogP contribution in [-0.2, 0) is 11.2 Å². The number of pyridine rings is 1. The predicted molar refractivity (Wildman–Crippen MR) is 81.9 cm³/mol. The minimum atomic E-state index is -0.538. The summed E-state index contributed by atoms with van der Waals surface area (Å²) < 4.78 is 5.45. The van der Waals surface area contributed by atoms with E-state index in [1.807, 2.05) is 40.0 Å². The number of nitrogens with zero attached hydrogens (tertiary/aromatic N) is 3. The molecule has 0 atom stereocenters. The van der Waals surface area contributed by atoms with Gasteiger partial charge in [-0.1, -0.05) is 0 Å². The first-order valence-corrected chi connectivity index (χ1v) is 7.14. The Balaban J connectivity index is 2.32. The summed E-state index contributed by atoms with van der Waals surface area (Å²) in [6.07, 6.45) is 0.0876. The quantitative estimate of drug-likeness (QED) is 0.901. The highest BCUT2D eigenvalue weighted by atomic mass is 16.6. The molecule has 0 saturated heterocycles. The molecular formula is C15H23N3O3. The highest BCUT2D eigenvalue weighted by Crippen LogP contribution is 2.31. The highest BCUT2D eigenvalue weighted by Gasteiger charge is 2.30. The molecule has 2 heterocycles. The zero-order chi connectivity index (χ0) is 15.6. The van der Waals surface area contributed by atoms with Crippen LogP contribution in [0.15, 0.2) is 12.1 Å². The molecule has 116 valence electrons. The zero-order valence-electron chi connectivity index (χ0n) is 13.1. The molecule has 2 rings (SSSR count). The number of aliphatic hydroxyl groups excluding tert-OH is 1. The van der Waals surface area contributed by atoms with Crippen LogP contribution in [0.4, 0.5) is 16.3 Å². The van der Waals surface area contributed by atoms with Crippen molar-refractivity contribution in [2.75, 3.05) is 36.5 Å². The lowest BCUT2D eigenvalue weighted by Gasteiger charge is -2.35. The van der Waals surface area contributed by atoms with Gasteiger partial charge in [-0.25, -0.2) is 9.78 Å². The van der Waals surface area contributed by atoms with Gasteiger partial charge in [0.2, 0.25) is 0 Å². The van der Waals surface area contributed by atoms with Crippen molar-refractivity contribution >= 4 is 17.6 Å². The van der Waals surface area contributed by atoms with Gasteiger partial charge in [-0.3, -0.25) is 4.90 Å². The minimum absolute atomic E-state index is 0.0358. The van der Waals surface area contributed by atoms with E-state index in [1.165, 1.54) is 0 Å². The van der Waals surface area contributed by atoms with Crippen LogP contribution in [0.1, 0.15) is 26.5 Å². The predicted octanol–water partition coefficient (Wildman–Crippen LogP) is 1.81. The number of anilines is 2. The first-order chi connectivity index (χ1) is 9.81. The van der Waals surface area contributed by atoms with Crippen molar-refractivity contribution < 1.29 is 14.6 Å². The van der Waals surface area contributed by atoms with Gasteiger partial charge < -0.3 is 14.7 Å². The van der Waals surface area contributed by atoms with Gasteiger partial charge in [-0.2, -0.15) is 0 Å². The maximum absolute atomic E-state index is 12.3. The number of carbonyl (C=O) groups excluding carboxylic acids is 1. The van der Waals surface area contributed by atoms with E-state index < -0.39 is 5.60 Å². The lowest BCUT2D eigenvalue weighted by atomic mass is 10.2. The number of hydrogen-bond acceptors (Lipinski definition) is 5. The van der Waals surface area contributed by atoms with Gasteiger partial charge in [0.05, 0.1) is 5.69 Å². The topological polar surface area (TPSA) is 65.9 Å². The van der Waals surface area contributed by atoms with Crippen LogP contribution >= 0.6 is 0 Å². The van der Waals surface area contributed by atoms with Crippen LogP contribution in [0.5, 0.6) is 0 Å². The molecule has 21 heavy (non-hydrogen) atoms. The maximum atomic E-state index is 12.3. The first kappa shape index (κ1) is 15.6. The summed E-state index contributed by atoms with van der Waals surface area (Å²) >= 11 is 0. The molecule has 6 nitrogen and oxygen atoms in total. The van der Waals surface area contributed by atoms with Crippen molar-refractivity contribution in [3.05, 3.63) is 17.8 Å². The molecule has 0 saturated carbocycles. The Morgan fingerprint density at radius 2 is 2.10 bits per heavy atom. The second kappa shape index (κ2) is 5.89. The summed E-state index contributed by atoms with van der Waals surface area (Å²) in [4.78, 5) is 20.5. The molecule has 1 aliphatic heterocycles. The molecule has 1 N–H and O–H groups in total. The summed E-state index contributed by atoms with van der Waals surface area (Å²) in [5.41, 5.74) is 1.12. The number of amides is 1. The van der Waals surface area contributed by atoms with Crippen molar-refractivity contribution in [1.82, 2.24) is 4.98 Å². The van der Waals surface area contributed by atoms with E-state index in [9.17, 15) is 4.79 Å². The SMILES string of the molecule is CN1CCN(C(=O)OC(C)(C)C)c2nc(CCO)ccc21. The molecule has 0 radical (unpaired) electrons. The summed E-state index contributed by atoms with van der Waals surface area (Å²) in [6.45, 7) is 6.84. The Labute approximate surface area is 125 Å². The smallest absolute Gasteiger partial charge is 0.416 e. The fourth-order valence-electron chi connectivity index (χ4n) is 2.20. The molecular weight excluding hydrogens is 270 g/mol. The van der Waals surface area contributed by atoms with Gasteiger partial charge in [0.1, 0.15) is 5.60 Å². The second-order valence-electron chi connectivity index (χ2n) is 6.17. The van der Waals surface area contributed by atoms with E-state index in [2.05, 4.69) is 9.88 Å². The zero-order valence-corrected chi connectivity index (χ0v) is 13.1. The van der Waals surface area contributed by atoms with Crippen LogP contribution in [0.2, 0.25) is 0 Å². The Kier molecular flexibility index (Phi) is 4.37. The minimum Gasteiger partial charge on any atom is -0.443 e. The molecule has 0 aliphatic carbocycles. The number of hydrogen-bond donors (Lipinski definition) is 1. The molecule has 0 bridgehead atoms. The van der Waals surface area contributed by atoms with Crippen molar-refractivity contribution in [1.29, 1.82) is 0 Å². The van der Waals surface area contributed by atoms with Crippen molar-refractivity contribution in [2.45, 2.75) is 32.8 Å². The molecule has 6 heteroatoms. The van der Waals surface area contributed by atoms with Gasteiger partial charge in [-0.15, -0.1) is 0 Å². The number of carbonyl (C=O) groups is 1. The number of ether oxygens (including phenoxy) is 1. The molecule has 1 amide bonds. The van der Waals surface area contributed by atoms with E-state index in [1.54, 1.807) is 4.90 Å². The van der Waals surface area contributed by atoms with Gasteiger partial charge in [-0.05, 0) is 32.9 Å². The largest absolute Gasteiger partial charge is 0.443 e. The van der Waals surface area contributed by atoms with Crippen molar-refractivity contribution in [3.63, 3.8) is 0 Å². The number of aromatic nitrogens is 1. The monoisotopic (exact) mass is 293 g/mol. The molecule has 0 unspecified atom stereocenters. The van der Waals surface area contributed by atoms with E-state index in [0.717, 1.165) is 17.9 Å². The van der Waals surface area contributed by atoms with Gasteiger partial charge in [0.25, 0.3) is 0 Å². The maximum Gasteiger partial charge on any atom is 0.416 e. The van der Waals surface area contributed by atoms with E-state index >= 15 is 0 Å². The number of aliphatic hydroxyl groups is 1. The number of rotatable bonds is 2. The standard InChI is InChI=1S/C15H23N3O3/c1-15(2,3)21-14(20)18-9-8-17(4)12-6-5-11(7-10-19)16-13(12)18/h5-6,19H,7-10H2,1-4H3. The highest BCUT2D eigenvalue weighted by molar-refractivity contribution is 5.92. The fourth-order valence-corrected chi connectivity index (χ4v) is 2.20. The number of likely N-dealkylation sites (N-methyl/N-ethyl adjacent to an activating group) is 1. The molecule has 1 aromatic heterocycles. The first-order valence-electron chi connectivity index (χ1n) is 7.14. The van der Waals surface area contributed by atoms with Crippen molar-refractivity contribution in [3.8, 4) is 0 Å². The Morgan fingerprint density at radius 1 is 1.38 bits per heavy atom. The average molecular weight is 293 g/mol. The third-order valence-electron chi connectivity index (χ3n) is 3.22. The van der Waals surface area contributed by atoms with Crippen molar-refractivity contribution in [2.24, 2.45) is 0 Å². The summed E-state index contributed by atoms with van der Waals surface area (Å²) in [7, 11) is 1.97. The Hall–Kier alpha value is -1.82. The lowest BCUT2D eigenvalue weighted by molar-refractivity contribution is 0.0579. The van der Waals surface area contributed by atoms with Gasteiger partial charge in [0.15, 0.2) is 5.82 Å². The second-order valence-corrected chi connectivity index (χ2v) is 6.17. The average Bonchev–Trinajstić information content (AvgIpc) is 2.37. The molecule has 0 fully saturated rings. The lowest BCUT2D eigenvalue weighted by Crippen LogP contribution is -2.45. The van der Waals surface area contributed by atoms with Crippen LogP contribution in [0, 0.1) is 0 Å². The van der Waals surface area contributed by atoms with Crippen LogP contribution < -0.4 is 9.80 Å². The van der Waals surface area contributed by atoms with E-state index in [0.29, 0.717) is 18.8 Å². The Morgan fingerprint density at radius 3 is 2.71 bits per heavy atom. The normalized spacial score (nSPS) is 14.9. The third kappa shape index (κ3) is 3.64. The Bertz CT molecular complexity index is 525. The van der Waals surface area contributed by atoms with Crippen LogP contribution in [-0.4, -0.2) is 48.5 Å². The van der Waals surface area contributed by atoms with E-state index in [-0.39, 0.29) is 12.7 Å². The van der Waals surface area contributed by atoms with Crippen LogP contribution in [0.3, 0.4) is 0 Å². The molecule has 1 aliphatic rings. The summed E-state index contributed by atoms with van der Waals surface area (Å²) in [5, 5.41) is 9.05. The number of fused-ring (bicyclic) bond motifs is 1. The molecule has 0 aromatic carbocycles. The molecule has 1 aromatic rings. The van der Waals surface area contributed by atoms with Gasteiger partial charge in [0, 0.05) is 38.9 Å². The van der Waals surface area contributed by atoms with Crippen LogP contribution in [0.25, 0.3) is 0 Å². The summed E-state index contributed by atoms with van der Waals surface area (Å²) in [6, 6.07) is 3.81.